The lowest BCUT2D eigenvalue weighted by atomic mass is 9.96. The molecule has 1 heterocycles. The number of aromatic nitrogens is 3. The van der Waals surface area contributed by atoms with Crippen molar-refractivity contribution in [2.75, 3.05) is 18.2 Å². The van der Waals surface area contributed by atoms with Crippen molar-refractivity contribution in [1.82, 2.24) is 14.9 Å². The third-order valence-corrected chi connectivity index (χ3v) is 4.21. The Morgan fingerprint density at radius 2 is 1.82 bits per heavy atom. The molecule has 5 nitrogen and oxygen atoms in total. The van der Waals surface area contributed by atoms with Crippen molar-refractivity contribution in [2.45, 2.75) is 45.2 Å². The summed E-state index contributed by atoms with van der Waals surface area (Å²) < 4.78 is 7.46. The van der Waals surface area contributed by atoms with Crippen LogP contribution >= 0.6 is 11.8 Å². The lowest BCUT2D eigenvalue weighted by molar-refractivity contribution is 0.339. The molecule has 0 aliphatic carbocycles. The fourth-order valence-electron chi connectivity index (χ4n) is 2.19. The first-order chi connectivity index (χ1) is 10.3. The van der Waals surface area contributed by atoms with Crippen LogP contribution < -0.4 is 10.6 Å². The van der Waals surface area contributed by atoms with Crippen LogP contribution in [0.15, 0.2) is 23.4 Å². The Bertz CT molecular complexity index is 626. The predicted octanol–water partition coefficient (Wildman–Crippen LogP) is 3.08. The van der Waals surface area contributed by atoms with Crippen molar-refractivity contribution in [2.24, 2.45) is 0 Å². The first-order valence-corrected chi connectivity index (χ1v) is 8.32. The number of para-hydroxylation sites is 1. The monoisotopic (exact) mass is 320 g/mol. The highest BCUT2D eigenvalue weighted by atomic mass is 32.2. The number of aryl methyl sites for hydroxylation is 2. The first-order valence-electron chi connectivity index (χ1n) is 7.33. The number of ether oxygens (including phenoxy) is 1. The van der Waals surface area contributed by atoms with Gasteiger partial charge < -0.3 is 10.6 Å². The Labute approximate surface area is 136 Å². The van der Waals surface area contributed by atoms with Gasteiger partial charge in [-0.05, 0) is 25.0 Å². The van der Waals surface area contributed by atoms with E-state index in [2.05, 4.69) is 56.9 Å². The Hall–Kier alpha value is -1.69. The van der Waals surface area contributed by atoms with Gasteiger partial charge in [0.2, 0.25) is 5.16 Å². The van der Waals surface area contributed by atoms with Gasteiger partial charge in [0.25, 0.3) is 0 Å². The Morgan fingerprint density at radius 3 is 2.36 bits per heavy atom. The van der Waals surface area contributed by atoms with E-state index in [1.165, 1.54) is 0 Å². The highest BCUT2D eigenvalue weighted by Gasteiger charge is 2.22. The van der Waals surface area contributed by atoms with Gasteiger partial charge in [-0.25, -0.2) is 4.68 Å². The lowest BCUT2D eigenvalue weighted by Gasteiger charge is -2.16. The Balaban J connectivity index is 1.91. The minimum Gasteiger partial charge on any atom is -0.492 e. The molecular weight excluding hydrogens is 296 g/mol. The van der Waals surface area contributed by atoms with Crippen molar-refractivity contribution in [3.05, 3.63) is 35.2 Å². The zero-order valence-corrected chi connectivity index (χ0v) is 14.7. The molecule has 2 rings (SSSR count). The summed E-state index contributed by atoms with van der Waals surface area (Å²) >= 11 is 1.55. The van der Waals surface area contributed by atoms with Crippen LogP contribution in [-0.2, 0) is 5.41 Å². The molecule has 0 unspecified atom stereocenters. The minimum absolute atomic E-state index is 0.116. The molecule has 0 spiro atoms. The number of hydrogen-bond donors (Lipinski definition) is 1. The van der Waals surface area contributed by atoms with Crippen LogP contribution in [0.5, 0.6) is 5.75 Å². The molecule has 6 heteroatoms. The van der Waals surface area contributed by atoms with E-state index in [1.807, 2.05) is 6.07 Å². The highest BCUT2D eigenvalue weighted by Crippen LogP contribution is 2.25. The standard InChI is InChI=1S/C16H24N4OS/c1-11-7-6-8-12(2)13(11)21-9-10-22-15-19-18-14(20(15)17)16(3,4)5/h6-8H,9-10,17H2,1-5H3. The molecule has 2 N–H and O–H groups in total. The molecule has 1 aromatic carbocycles. The molecule has 120 valence electrons. The second-order valence-corrected chi connectivity index (χ2v) is 7.41. The summed E-state index contributed by atoms with van der Waals surface area (Å²) in [4.78, 5) is 0. The molecule has 0 radical (unpaired) electrons. The molecule has 0 saturated carbocycles. The fraction of sp³-hybridized carbons (Fsp3) is 0.500. The number of hydrogen-bond acceptors (Lipinski definition) is 5. The van der Waals surface area contributed by atoms with E-state index in [4.69, 9.17) is 10.6 Å². The first kappa shape index (κ1) is 16.7. The summed E-state index contributed by atoms with van der Waals surface area (Å²) in [6.45, 7) is 10.9. The van der Waals surface area contributed by atoms with Crippen molar-refractivity contribution in [1.29, 1.82) is 0 Å². The van der Waals surface area contributed by atoms with E-state index in [0.717, 1.165) is 33.6 Å². The second-order valence-electron chi connectivity index (χ2n) is 6.34. The van der Waals surface area contributed by atoms with E-state index in [-0.39, 0.29) is 5.41 Å². The largest absolute Gasteiger partial charge is 0.492 e. The van der Waals surface area contributed by atoms with E-state index in [1.54, 1.807) is 16.4 Å². The van der Waals surface area contributed by atoms with E-state index in [0.29, 0.717) is 6.61 Å². The number of benzene rings is 1. The van der Waals surface area contributed by atoms with Crippen LogP contribution in [0.2, 0.25) is 0 Å². The summed E-state index contributed by atoms with van der Waals surface area (Å²) in [5, 5.41) is 9.05. The molecule has 0 aliphatic rings. The normalized spacial score (nSPS) is 11.7. The zero-order chi connectivity index (χ0) is 16.3. The Morgan fingerprint density at radius 1 is 1.18 bits per heavy atom. The summed E-state index contributed by atoms with van der Waals surface area (Å²) in [6, 6.07) is 6.15. The number of thioether (sulfide) groups is 1. The summed E-state index contributed by atoms with van der Waals surface area (Å²) in [5.41, 5.74) is 2.19. The third kappa shape index (κ3) is 3.74. The van der Waals surface area contributed by atoms with Crippen LogP contribution in [0, 0.1) is 13.8 Å². The average Bonchev–Trinajstić information content (AvgIpc) is 2.78. The topological polar surface area (TPSA) is 66.0 Å². The molecule has 0 fully saturated rings. The molecule has 0 bridgehead atoms. The van der Waals surface area contributed by atoms with Gasteiger partial charge in [-0.3, -0.25) is 0 Å². The quantitative estimate of drug-likeness (QED) is 0.521. The predicted molar refractivity (Wildman–Crippen MR) is 91.0 cm³/mol. The van der Waals surface area contributed by atoms with E-state index >= 15 is 0 Å². The van der Waals surface area contributed by atoms with Crippen molar-refractivity contribution < 1.29 is 4.74 Å². The summed E-state index contributed by atoms with van der Waals surface area (Å²) in [5.74, 6) is 8.58. The van der Waals surface area contributed by atoms with Crippen LogP contribution in [-0.4, -0.2) is 27.2 Å². The van der Waals surface area contributed by atoms with Crippen molar-refractivity contribution in [3.63, 3.8) is 0 Å². The number of rotatable bonds is 5. The van der Waals surface area contributed by atoms with Gasteiger partial charge in [0.15, 0.2) is 5.82 Å². The lowest BCUT2D eigenvalue weighted by Crippen LogP contribution is -2.24. The molecule has 22 heavy (non-hydrogen) atoms. The Kier molecular flexibility index (Phi) is 5.01. The van der Waals surface area contributed by atoms with Gasteiger partial charge in [0.1, 0.15) is 5.75 Å². The molecule has 2 aromatic rings. The average molecular weight is 320 g/mol. The van der Waals surface area contributed by atoms with Gasteiger partial charge in [-0.1, -0.05) is 50.7 Å². The highest BCUT2D eigenvalue weighted by molar-refractivity contribution is 7.99. The van der Waals surface area contributed by atoms with Crippen molar-refractivity contribution in [3.8, 4) is 5.75 Å². The minimum atomic E-state index is -0.116. The number of nitrogen functional groups attached to an aromatic ring is 1. The second kappa shape index (κ2) is 6.60. The molecule has 1 aromatic heterocycles. The number of nitrogens with zero attached hydrogens (tertiary/aromatic N) is 3. The smallest absolute Gasteiger partial charge is 0.209 e. The molecule has 0 saturated heterocycles. The van der Waals surface area contributed by atoms with E-state index in [9.17, 15) is 0 Å². The van der Waals surface area contributed by atoms with Crippen LogP contribution in [0.1, 0.15) is 37.7 Å². The van der Waals surface area contributed by atoms with E-state index < -0.39 is 0 Å². The molecule has 0 atom stereocenters. The van der Waals surface area contributed by atoms with Gasteiger partial charge in [-0.15, -0.1) is 10.2 Å². The van der Waals surface area contributed by atoms with Gasteiger partial charge in [0.05, 0.1) is 6.61 Å². The number of nitrogens with two attached hydrogens (primary N) is 1. The zero-order valence-electron chi connectivity index (χ0n) is 13.9. The maximum Gasteiger partial charge on any atom is 0.209 e. The van der Waals surface area contributed by atoms with Gasteiger partial charge >= 0.3 is 0 Å². The molecular formula is C16H24N4OS. The van der Waals surface area contributed by atoms with Gasteiger partial charge in [-0.2, -0.15) is 0 Å². The van der Waals surface area contributed by atoms with Crippen LogP contribution in [0.4, 0.5) is 0 Å². The summed E-state index contributed by atoms with van der Waals surface area (Å²) in [6.07, 6.45) is 0. The van der Waals surface area contributed by atoms with Crippen LogP contribution in [0.25, 0.3) is 0 Å². The summed E-state index contributed by atoms with van der Waals surface area (Å²) in [7, 11) is 0. The SMILES string of the molecule is Cc1cccc(C)c1OCCSc1nnc(C(C)(C)C)n1N. The maximum atomic E-state index is 6.06. The van der Waals surface area contributed by atoms with Gasteiger partial charge in [0, 0.05) is 11.2 Å². The fourth-order valence-corrected chi connectivity index (χ4v) is 2.86. The third-order valence-electron chi connectivity index (χ3n) is 3.31. The maximum absolute atomic E-state index is 6.06. The molecule has 0 amide bonds. The molecule has 0 aliphatic heterocycles. The van der Waals surface area contributed by atoms with Crippen molar-refractivity contribution >= 4 is 11.8 Å². The van der Waals surface area contributed by atoms with Crippen LogP contribution in [0.3, 0.4) is 0 Å².